The van der Waals surface area contributed by atoms with Crippen molar-refractivity contribution in [3.63, 3.8) is 0 Å². The predicted molar refractivity (Wildman–Crippen MR) is 107 cm³/mol. The molecule has 0 spiro atoms. The Morgan fingerprint density at radius 3 is 2.50 bits per heavy atom. The number of likely N-dealkylation sites (tertiary alicyclic amines) is 1. The number of ether oxygens (including phenoxy) is 2. The first-order valence-electron chi connectivity index (χ1n) is 10.5. The van der Waals surface area contributed by atoms with E-state index in [4.69, 9.17) is 13.9 Å². The van der Waals surface area contributed by atoms with Gasteiger partial charge in [-0.3, -0.25) is 4.79 Å². The third kappa shape index (κ3) is 5.04. The number of hydrogen-bond donors (Lipinski definition) is 0. The molecule has 10 heteroatoms. The average Bonchev–Trinajstić information content (AvgIpc) is 3.25. The van der Waals surface area contributed by atoms with E-state index in [1.807, 2.05) is 11.8 Å². The van der Waals surface area contributed by atoms with Gasteiger partial charge in [0.2, 0.25) is 16.8 Å². The molecule has 2 aliphatic rings. The van der Waals surface area contributed by atoms with Gasteiger partial charge in [-0.15, -0.1) is 0 Å². The Labute approximate surface area is 177 Å². The molecule has 9 nitrogen and oxygen atoms in total. The molecule has 3 heterocycles. The summed E-state index contributed by atoms with van der Waals surface area (Å²) in [6, 6.07) is 2.56. The largest absolute Gasteiger partial charge is 0.460 e. The van der Waals surface area contributed by atoms with Crippen molar-refractivity contribution in [1.29, 1.82) is 0 Å². The minimum atomic E-state index is -3.87. The molecule has 0 saturated carbocycles. The summed E-state index contributed by atoms with van der Waals surface area (Å²) in [4.78, 5) is 26.5. The van der Waals surface area contributed by atoms with Crippen LogP contribution in [-0.4, -0.2) is 75.0 Å². The van der Waals surface area contributed by atoms with Crippen LogP contribution in [0.4, 0.5) is 0 Å². The molecule has 1 aromatic heterocycles. The lowest BCUT2D eigenvalue weighted by molar-refractivity contribution is -0.140. The summed E-state index contributed by atoms with van der Waals surface area (Å²) in [5, 5.41) is -0.286. The highest BCUT2D eigenvalue weighted by Gasteiger charge is 2.36. The molecule has 1 atom stereocenters. The second-order valence-corrected chi connectivity index (χ2v) is 9.39. The second kappa shape index (κ2) is 9.93. The highest BCUT2D eigenvalue weighted by Crippen LogP contribution is 2.27. The van der Waals surface area contributed by atoms with Crippen LogP contribution >= 0.6 is 0 Å². The Kier molecular flexibility index (Phi) is 7.54. The first kappa shape index (κ1) is 22.8. The van der Waals surface area contributed by atoms with E-state index in [2.05, 4.69) is 0 Å². The van der Waals surface area contributed by atoms with Gasteiger partial charge >= 0.3 is 5.97 Å². The molecule has 2 fully saturated rings. The van der Waals surface area contributed by atoms with Crippen LogP contribution < -0.4 is 0 Å². The number of hydrogen-bond acceptors (Lipinski definition) is 7. The third-order valence-electron chi connectivity index (χ3n) is 5.55. The molecule has 0 radical (unpaired) electrons. The normalized spacial score (nSPS) is 21.5. The molecule has 2 aliphatic heterocycles. The van der Waals surface area contributed by atoms with E-state index in [1.54, 1.807) is 6.92 Å². The first-order valence-corrected chi connectivity index (χ1v) is 12.0. The lowest BCUT2D eigenvalue weighted by Gasteiger charge is -2.37. The lowest BCUT2D eigenvalue weighted by Crippen LogP contribution is -2.48. The molecule has 0 N–H and O–H groups in total. The number of piperidine rings is 2. The summed E-state index contributed by atoms with van der Waals surface area (Å²) < 4.78 is 42.7. The van der Waals surface area contributed by atoms with Crippen LogP contribution in [0.1, 0.15) is 50.1 Å². The van der Waals surface area contributed by atoms with Gasteiger partial charge in [0.15, 0.2) is 0 Å². The summed E-state index contributed by atoms with van der Waals surface area (Å²) in [5.41, 5.74) is 0. The topological polar surface area (TPSA) is 106 Å². The highest BCUT2D eigenvalue weighted by molar-refractivity contribution is 7.89. The van der Waals surface area contributed by atoms with Crippen LogP contribution in [0.3, 0.4) is 0 Å². The van der Waals surface area contributed by atoms with E-state index < -0.39 is 16.0 Å². The van der Waals surface area contributed by atoms with E-state index in [0.717, 1.165) is 19.4 Å². The predicted octanol–water partition coefficient (Wildman–Crippen LogP) is 1.88. The monoisotopic (exact) mass is 442 g/mol. The number of amides is 1. The Morgan fingerprint density at radius 2 is 1.83 bits per heavy atom. The fourth-order valence-electron chi connectivity index (χ4n) is 4.01. The van der Waals surface area contributed by atoms with Crippen molar-refractivity contribution in [2.45, 2.75) is 50.7 Å². The number of carbonyl (C=O) groups is 2. The minimum Gasteiger partial charge on any atom is -0.460 e. The van der Waals surface area contributed by atoms with Crippen molar-refractivity contribution in [3.8, 4) is 0 Å². The Hall–Kier alpha value is -1.91. The summed E-state index contributed by atoms with van der Waals surface area (Å²) in [6.07, 6.45) is 2.88. The van der Waals surface area contributed by atoms with Crippen LogP contribution in [0.15, 0.2) is 21.6 Å². The molecule has 0 aromatic carbocycles. The quantitative estimate of drug-likeness (QED) is 0.594. The molecule has 3 rings (SSSR count). The molecule has 168 valence electrons. The van der Waals surface area contributed by atoms with E-state index in [-0.39, 0.29) is 48.5 Å². The molecule has 1 aromatic rings. The average molecular weight is 443 g/mol. The number of furan rings is 1. The highest BCUT2D eigenvalue weighted by atomic mass is 32.2. The van der Waals surface area contributed by atoms with Crippen molar-refractivity contribution < 1.29 is 31.9 Å². The summed E-state index contributed by atoms with van der Waals surface area (Å²) in [5.74, 6) is -0.952. The molecule has 30 heavy (non-hydrogen) atoms. The van der Waals surface area contributed by atoms with Gasteiger partial charge in [0.05, 0.1) is 12.7 Å². The van der Waals surface area contributed by atoms with Crippen molar-refractivity contribution in [1.82, 2.24) is 9.21 Å². The van der Waals surface area contributed by atoms with Gasteiger partial charge in [-0.05, 0) is 51.7 Å². The van der Waals surface area contributed by atoms with Crippen LogP contribution in [0, 0.1) is 5.92 Å². The van der Waals surface area contributed by atoms with Crippen molar-refractivity contribution in [2.75, 3.05) is 39.4 Å². The maximum atomic E-state index is 12.9. The Morgan fingerprint density at radius 1 is 1.10 bits per heavy atom. The molecule has 1 amide bonds. The van der Waals surface area contributed by atoms with Crippen LogP contribution in [0.5, 0.6) is 0 Å². The molecule has 0 aliphatic carbocycles. The molecule has 1 unspecified atom stereocenters. The van der Waals surface area contributed by atoms with Gasteiger partial charge in [-0.25, -0.2) is 13.2 Å². The van der Waals surface area contributed by atoms with Gasteiger partial charge in [0, 0.05) is 38.7 Å². The fourth-order valence-corrected chi connectivity index (χ4v) is 5.39. The molecular weight excluding hydrogens is 412 g/mol. The van der Waals surface area contributed by atoms with Gasteiger partial charge in [-0.2, -0.15) is 4.31 Å². The van der Waals surface area contributed by atoms with E-state index in [1.165, 1.54) is 16.4 Å². The van der Waals surface area contributed by atoms with E-state index >= 15 is 0 Å². The van der Waals surface area contributed by atoms with Gasteiger partial charge in [-0.1, -0.05) is 0 Å². The van der Waals surface area contributed by atoms with Crippen molar-refractivity contribution in [2.24, 2.45) is 5.92 Å². The lowest BCUT2D eigenvalue weighted by atomic mass is 9.95. The third-order valence-corrected chi connectivity index (χ3v) is 7.32. The maximum absolute atomic E-state index is 12.9. The van der Waals surface area contributed by atoms with Crippen molar-refractivity contribution >= 4 is 21.9 Å². The molecule has 2 saturated heterocycles. The smallest absolute Gasteiger partial charge is 0.374 e. The fraction of sp³-hybridized carbons (Fsp3) is 0.700. The number of rotatable bonds is 7. The Bertz CT molecular complexity index is 841. The van der Waals surface area contributed by atoms with E-state index in [0.29, 0.717) is 26.0 Å². The summed E-state index contributed by atoms with van der Waals surface area (Å²) in [6.45, 7) is 6.21. The maximum Gasteiger partial charge on any atom is 0.374 e. The van der Waals surface area contributed by atoms with Gasteiger partial charge in [0.25, 0.3) is 10.0 Å². The van der Waals surface area contributed by atoms with Crippen LogP contribution in [-0.2, 0) is 24.3 Å². The number of carbonyl (C=O) groups excluding carboxylic acids is 2. The zero-order valence-corrected chi connectivity index (χ0v) is 18.4. The molecular formula is C20H30N2O7S. The van der Waals surface area contributed by atoms with Gasteiger partial charge in [0.1, 0.15) is 0 Å². The standard InChI is InChI=1S/C20H30N2O7S/c1-3-27-16-6-5-11-21(14-16)19(23)15-9-12-22(13-10-15)30(25,26)18-8-7-17(29-18)20(24)28-4-2/h7-8,15-16H,3-6,9-14H2,1-2H3. The van der Waals surface area contributed by atoms with Crippen LogP contribution in [0.2, 0.25) is 0 Å². The number of nitrogens with zero attached hydrogens (tertiary/aromatic N) is 2. The number of esters is 1. The number of sulfonamides is 1. The van der Waals surface area contributed by atoms with Crippen molar-refractivity contribution in [3.05, 3.63) is 17.9 Å². The van der Waals surface area contributed by atoms with Crippen LogP contribution in [0.25, 0.3) is 0 Å². The minimum absolute atomic E-state index is 0.0825. The van der Waals surface area contributed by atoms with Gasteiger partial charge < -0.3 is 18.8 Å². The SMILES string of the molecule is CCOC(=O)c1ccc(S(=O)(=O)N2CCC(C(=O)N3CCCC(OCC)C3)CC2)o1. The summed E-state index contributed by atoms with van der Waals surface area (Å²) in [7, 11) is -3.87. The Balaban J connectivity index is 1.58. The molecule has 0 bridgehead atoms. The zero-order chi connectivity index (χ0) is 21.7. The van der Waals surface area contributed by atoms with E-state index in [9.17, 15) is 18.0 Å². The first-order chi connectivity index (χ1) is 14.4. The summed E-state index contributed by atoms with van der Waals surface area (Å²) >= 11 is 0. The second-order valence-electron chi connectivity index (χ2n) is 7.52. The zero-order valence-electron chi connectivity index (χ0n) is 17.5.